The topological polar surface area (TPSA) is 64.0 Å². The first kappa shape index (κ1) is 15.7. The summed E-state index contributed by atoms with van der Waals surface area (Å²) in [5, 5.41) is 18.1. The summed E-state index contributed by atoms with van der Waals surface area (Å²) in [5.41, 5.74) is 0.555. The maximum Gasteiger partial charge on any atom is 0.317 e. The molecule has 1 fully saturated rings. The van der Waals surface area contributed by atoms with E-state index in [4.69, 9.17) is 5.11 Å². The Hall–Kier alpha value is -1.66. The molecule has 1 saturated heterocycles. The van der Waals surface area contributed by atoms with Crippen molar-refractivity contribution >= 4 is 5.97 Å². The van der Waals surface area contributed by atoms with E-state index in [9.17, 15) is 14.3 Å². The zero-order chi connectivity index (χ0) is 15.4. The molecule has 0 bridgehead atoms. The smallest absolute Gasteiger partial charge is 0.317 e. The number of hydrogen-bond donors (Lipinski definition) is 2. The summed E-state index contributed by atoms with van der Waals surface area (Å²) >= 11 is 0. The normalized spacial score (nSPS) is 19.1. The van der Waals surface area contributed by atoms with Gasteiger partial charge in [0.15, 0.2) is 0 Å². The van der Waals surface area contributed by atoms with Gasteiger partial charge in [-0.2, -0.15) is 0 Å². The van der Waals surface area contributed by atoms with E-state index < -0.39 is 11.8 Å². The summed E-state index contributed by atoms with van der Waals surface area (Å²) < 4.78 is 13.9. The summed E-state index contributed by atoms with van der Waals surface area (Å²) in [6.45, 7) is 4.90. The first-order valence-corrected chi connectivity index (χ1v) is 7.14. The molecule has 0 radical (unpaired) electrons. The highest BCUT2D eigenvalue weighted by molar-refractivity contribution is 5.69. The van der Waals surface area contributed by atoms with Crippen molar-refractivity contribution < 1.29 is 19.4 Å². The Morgan fingerprint density at radius 3 is 2.76 bits per heavy atom. The summed E-state index contributed by atoms with van der Waals surface area (Å²) in [4.78, 5) is 14.8. The first-order chi connectivity index (χ1) is 9.97. The number of carboxylic acids is 1. The van der Waals surface area contributed by atoms with Crippen molar-refractivity contribution in [2.75, 3.05) is 32.7 Å². The van der Waals surface area contributed by atoms with E-state index in [1.54, 1.807) is 6.07 Å². The van der Waals surface area contributed by atoms with E-state index in [1.807, 2.05) is 11.8 Å². The Bertz CT molecular complexity index is 510. The van der Waals surface area contributed by atoms with Gasteiger partial charge < -0.3 is 10.2 Å². The Kier molecular flexibility index (Phi) is 5.14. The Labute approximate surface area is 123 Å². The van der Waals surface area contributed by atoms with Crippen molar-refractivity contribution in [2.45, 2.75) is 19.4 Å². The lowest BCUT2D eigenvalue weighted by molar-refractivity contribution is -0.138. The lowest BCUT2D eigenvalue weighted by Gasteiger charge is -2.28. The van der Waals surface area contributed by atoms with E-state index in [-0.39, 0.29) is 18.3 Å². The second kappa shape index (κ2) is 6.87. The van der Waals surface area contributed by atoms with Gasteiger partial charge in [-0.25, -0.2) is 4.39 Å². The molecule has 21 heavy (non-hydrogen) atoms. The molecule has 1 aliphatic heterocycles. The molecule has 1 atom stereocenters. The summed E-state index contributed by atoms with van der Waals surface area (Å²) in [6, 6.07) is 4.12. The van der Waals surface area contributed by atoms with Gasteiger partial charge >= 0.3 is 5.97 Å². The van der Waals surface area contributed by atoms with Crippen molar-refractivity contribution in [3.63, 3.8) is 0 Å². The van der Waals surface area contributed by atoms with Crippen LogP contribution in [0.3, 0.4) is 0 Å². The average Bonchev–Trinajstić information content (AvgIpc) is 2.63. The van der Waals surface area contributed by atoms with Gasteiger partial charge in [-0.1, -0.05) is 6.07 Å². The Morgan fingerprint density at radius 2 is 2.10 bits per heavy atom. The predicted octanol–water partition coefficient (Wildman–Crippen LogP) is 1.68. The van der Waals surface area contributed by atoms with Crippen molar-refractivity contribution in [1.29, 1.82) is 0 Å². The van der Waals surface area contributed by atoms with Crippen LogP contribution in [0, 0.1) is 5.82 Å². The second-order valence-electron chi connectivity index (χ2n) is 5.44. The minimum absolute atomic E-state index is 0.0514. The minimum atomic E-state index is -0.818. The molecule has 0 aromatic heterocycles. The SMILES string of the molecule is CC(c1ccc(O)cc1F)N1CCCN(CC(=O)O)CC1. The maximum atomic E-state index is 13.9. The zero-order valence-corrected chi connectivity index (χ0v) is 12.1. The van der Waals surface area contributed by atoms with Crippen LogP contribution in [0.5, 0.6) is 5.75 Å². The predicted molar refractivity (Wildman–Crippen MR) is 76.7 cm³/mol. The van der Waals surface area contributed by atoms with Crippen LogP contribution < -0.4 is 0 Å². The van der Waals surface area contributed by atoms with Crippen LogP contribution in [0.15, 0.2) is 18.2 Å². The number of aliphatic carboxylic acids is 1. The molecule has 1 unspecified atom stereocenters. The fourth-order valence-electron chi connectivity index (χ4n) is 2.78. The number of benzene rings is 1. The van der Waals surface area contributed by atoms with Gasteiger partial charge in [0.1, 0.15) is 11.6 Å². The molecular formula is C15H21FN2O3. The maximum absolute atomic E-state index is 13.9. The largest absolute Gasteiger partial charge is 0.508 e. The zero-order valence-electron chi connectivity index (χ0n) is 12.1. The molecule has 1 heterocycles. The van der Waals surface area contributed by atoms with Gasteiger partial charge in [0.25, 0.3) is 0 Å². The molecule has 2 N–H and O–H groups in total. The lowest BCUT2D eigenvalue weighted by Crippen LogP contribution is -2.35. The molecule has 6 heteroatoms. The number of rotatable bonds is 4. The van der Waals surface area contributed by atoms with Crippen LogP contribution in [0.1, 0.15) is 24.9 Å². The highest BCUT2D eigenvalue weighted by Crippen LogP contribution is 2.26. The molecule has 116 valence electrons. The third kappa shape index (κ3) is 4.15. The van der Waals surface area contributed by atoms with Gasteiger partial charge in [-0.15, -0.1) is 0 Å². The third-order valence-corrected chi connectivity index (χ3v) is 3.96. The molecule has 2 rings (SSSR count). The molecular weight excluding hydrogens is 275 g/mol. The number of phenols is 1. The van der Waals surface area contributed by atoms with Crippen molar-refractivity contribution in [2.24, 2.45) is 0 Å². The van der Waals surface area contributed by atoms with Crippen LogP contribution in [0.25, 0.3) is 0 Å². The number of aromatic hydroxyl groups is 1. The van der Waals surface area contributed by atoms with Gasteiger partial charge in [0, 0.05) is 43.9 Å². The lowest BCUT2D eigenvalue weighted by atomic mass is 10.1. The summed E-state index contributed by atoms with van der Waals surface area (Å²) in [6.07, 6.45) is 0.858. The number of carboxylic acid groups (broad SMARTS) is 1. The standard InChI is InChI=1S/C15H21FN2O3/c1-11(13-4-3-12(19)9-14(13)16)18-6-2-5-17(7-8-18)10-15(20)21/h3-4,9,11,19H,2,5-8,10H2,1H3,(H,20,21). The monoisotopic (exact) mass is 296 g/mol. The van der Waals surface area contributed by atoms with Crippen LogP contribution in [-0.2, 0) is 4.79 Å². The fourth-order valence-corrected chi connectivity index (χ4v) is 2.78. The van der Waals surface area contributed by atoms with Gasteiger partial charge in [0.05, 0.1) is 6.54 Å². The number of nitrogens with zero attached hydrogens (tertiary/aromatic N) is 2. The van der Waals surface area contributed by atoms with Crippen molar-refractivity contribution in [3.8, 4) is 5.75 Å². The number of halogens is 1. The molecule has 0 saturated carbocycles. The third-order valence-electron chi connectivity index (χ3n) is 3.96. The van der Waals surface area contributed by atoms with E-state index in [0.29, 0.717) is 18.7 Å². The Morgan fingerprint density at radius 1 is 1.33 bits per heavy atom. The summed E-state index contributed by atoms with van der Waals surface area (Å²) in [7, 11) is 0. The van der Waals surface area contributed by atoms with Gasteiger partial charge in [0.2, 0.25) is 0 Å². The van der Waals surface area contributed by atoms with E-state index in [2.05, 4.69) is 4.90 Å². The van der Waals surface area contributed by atoms with Crippen LogP contribution in [0.4, 0.5) is 4.39 Å². The molecule has 0 aliphatic carbocycles. The van der Waals surface area contributed by atoms with E-state index >= 15 is 0 Å². The van der Waals surface area contributed by atoms with Gasteiger partial charge in [-0.3, -0.25) is 14.6 Å². The van der Waals surface area contributed by atoms with E-state index in [1.165, 1.54) is 6.07 Å². The Balaban J connectivity index is 2.02. The van der Waals surface area contributed by atoms with Crippen LogP contribution >= 0.6 is 0 Å². The fraction of sp³-hybridized carbons (Fsp3) is 0.533. The molecule has 1 aromatic carbocycles. The average molecular weight is 296 g/mol. The highest BCUT2D eigenvalue weighted by atomic mass is 19.1. The minimum Gasteiger partial charge on any atom is -0.508 e. The quantitative estimate of drug-likeness (QED) is 0.885. The first-order valence-electron chi connectivity index (χ1n) is 7.14. The second-order valence-corrected chi connectivity index (χ2v) is 5.44. The van der Waals surface area contributed by atoms with Crippen molar-refractivity contribution in [3.05, 3.63) is 29.6 Å². The molecule has 1 aromatic rings. The number of carbonyl (C=O) groups is 1. The number of hydrogen-bond acceptors (Lipinski definition) is 4. The van der Waals surface area contributed by atoms with Crippen LogP contribution in [0.2, 0.25) is 0 Å². The summed E-state index contributed by atoms with van der Waals surface area (Å²) in [5.74, 6) is -1.30. The molecule has 0 amide bonds. The molecule has 5 nitrogen and oxygen atoms in total. The van der Waals surface area contributed by atoms with E-state index in [0.717, 1.165) is 25.6 Å². The van der Waals surface area contributed by atoms with Gasteiger partial charge in [-0.05, 0) is 19.4 Å². The molecule has 1 aliphatic rings. The van der Waals surface area contributed by atoms with Crippen molar-refractivity contribution in [1.82, 2.24) is 9.80 Å². The van der Waals surface area contributed by atoms with Crippen LogP contribution in [-0.4, -0.2) is 58.7 Å². The number of phenolic OH excluding ortho intramolecular Hbond substituents is 1. The highest BCUT2D eigenvalue weighted by Gasteiger charge is 2.23. The molecule has 0 spiro atoms.